The first kappa shape index (κ1) is 13.0. The van der Waals surface area contributed by atoms with E-state index in [1.54, 1.807) is 18.2 Å². The van der Waals surface area contributed by atoms with E-state index in [9.17, 15) is 8.78 Å². The van der Waals surface area contributed by atoms with E-state index in [1.807, 2.05) is 13.0 Å². The SMILES string of the molecule is Cc1ccc(C#N)c(Nc2cc(F)c(C)cc2F)c1. The van der Waals surface area contributed by atoms with E-state index in [4.69, 9.17) is 5.26 Å². The molecule has 0 bridgehead atoms. The molecule has 0 spiro atoms. The molecule has 0 heterocycles. The lowest BCUT2D eigenvalue weighted by Gasteiger charge is -2.11. The number of halogens is 2. The molecule has 0 saturated carbocycles. The average Bonchev–Trinajstić information content (AvgIpc) is 2.36. The molecule has 2 aromatic rings. The molecule has 2 rings (SSSR count). The number of nitrogens with one attached hydrogen (secondary N) is 1. The molecule has 0 atom stereocenters. The van der Waals surface area contributed by atoms with E-state index in [2.05, 4.69) is 5.32 Å². The second-order valence-electron chi connectivity index (χ2n) is 4.37. The Labute approximate surface area is 110 Å². The Morgan fingerprint density at radius 2 is 1.74 bits per heavy atom. The highest BCUT2D eigenvalue weighted by Crippen LogP contribution is 2.25. The molecule has 2 aromatic carbocycles. The highest BCUT2D eigenvalue weighted by atomic mass is 19.1. The van der Waals surface area contributed by atoms with Gasteiger partial charge in [-0.3, -0.25) is 0 Å². The summed E-state index contributed by atoms with van der Waals surface area (Å²) in [6, 6.07) is 9.37. The van der Waals surface area contributed by atoms with Crippen LogP contribution in [0, 0.1) is 36.8 Å². The molecular weight excluding hydrogens is 246 g/mol. The van der Waals surface area contributed by atoms with E-state index in [-0.39, 0.29) is 11.3 Å². The highest BCUT2D eigenvalue weighted by Gasteiger charge is 2.09. The molecular formula is C15H12F2N2. The van der Waals surface area contributed by atoms with Crippen LogP contribution < -0.4 is 5.32 Å². The third kappa shape index (κ3) is 2.71. The summed E-state index contributed by atoms with van der Waals surface area (Å²) in [7, 11) is 0. The van der Waals surface area contributed by atoms with Crippen molar-refractivity contribution in [1.29, 1.82) is 5.26 Å². The fraction of sp³-hybridized carbons (Fsp3) is 0.133. The molecule has 0 saturated heterocycles. The monoisotopic (exact) mass is 258 g/mol. The Bertz CT molecular complexity index is 673. The number of anilines is 2. The van der Waals surface area contributed by atoms with Gasteiger partial charge >= 0.3 is 0 Å². The normalized spacial score (nSPS) is 10.1. The van der Waals surface area contributed by atoms with E-state index >= 15 is 0 Å². The van der Waals surface area contributed by atoms with Gasteiger partial charge in [0.25, 0.3) is 0 Å². The van der Waals surface area contributed by atoms with Gasteiger partial charge in [-0.05, 0) is 43.2 Å². The van der Waals surface area contributed by atoms with Gasteiger partial charge in [0.15, 0.2) is 0 Å². The van der Waals surface area contributed by atoms with Gasteiger partial charge in [-0.1, -0.05) is 6.07 Å². The zero-order valence-corrected chi connectivity index (χ0v) is 10.6. The summed E-state index contributed by atoms with van der Waals surface area (Å²) in [5.74, 6) is -1.04. The standard InChI is InChI=1S/C15H12F2N2/c1-9-3-4-11(8-18)14(5-9)19-15-7-12(16)10(2)6-13(15)17/h3-7,19H,1-2H3. The van der Waals surface area contributed by atoms with E-state index in [0.717, 1.165) is 17.7 Å². The van der Waals surface area contributed by atoms with Crippen molar-refractivity contribution in [2.45, 2.75) is 13.8 Å². The fourth-order valence-corrected chi connectivity index (χ4v) is 1.75. The number of hydrogen-bond donors (Lipinski definition) is 1. The predicted octanol–water partition coefficient (Wildman–Crippen LogP) is 4.20. The number of benzene rings is 2. The first-order valence-corrected chi connectivity index (χ1v) is 5.74. The summed E-state index contributed by atoms with van der Waals surface area (Å²) in [6.45, 7) is 3.36. The molecule has 0 amide bonds. The molecule has 1 N–H and O–H groups in total. The molecule has 0 aliphatic rings. The van der Waals surface area contributed by atoms with Crippen LogP contribution in [-0.4, -0.2) is 0 Å². The minimum Gasteiger partial charge on any atom is -0.352 e. The van der Waals surface area contributed by atoms with Crippen molar-refractivity contribution in [1.82, 2.24) is 0 Å². The summed E-state index contributed by atoms with van der Waals surface area (Å²) >= 11 is 0. The molecule has 2 nitrogen and oxygen atoms in total. The third-order valence-corrected chi connectivity index (χ3v) is 2.81. The molecule has 0 aliphatic heterocycles. The molecule has 0 unspecified atom stereocenters. The fourth-order valence-electron chi connectivity index (χ4n) is 1.75. The van der Waals surface area contributed by atoms with Gasteiger partial charge < -0.3 is 5.32 Å². The lowest BCUT2D eigenvalue weighted by atomic mass is 10.1. The van der Waals surface area contributed by atoms with Gasteiger partial charge in [0.05, 0.1) is 16.9 Å². The Morgan fingerprint density at radius 1 is 1.00 bits per heavy atom. The van der Waals surface area contributed by atoms with Crippen LogP contribution in [0.1, 0.15) is 16.7 Å². The third-order valence-electron chi connectivity index (χ3n) is 2.81. The molecule has 0 fully saturated rings. The number of hydrogen-bond acceptors (Lipinski definition) is 2. The zero-order valence-electron chi connectivity index (χ0n) is 10.6. The van der Waals surface area contributed by atoms with Crippen molar-refractivity contribution in [3.63, 3.8) is 0 Å². The van der Waals surface area contributed by atoms with Gasteiger partial charge in [0.2, 0.25) is 0 Å². The zero-order chi connectivity index (χ0) is 14.0. The van der Waals surface area contributed by atoms with Crippen molar-refractivity contribution in [3.8, 4) is 6.07 Å². The molecule has 4 heteroatoms. The van der Waals surface area contributed by atoms with Crippen molar-refractivity contribution in [3.05, 3.63) is 58.7 Å². The average molecular weight is 258 g/mol. The summed E-state index contributed by atoms with van der Waals surface area (Å²) in [5, 5.41) is 11.8. The molecule has 0 aliphatic carbocycles. The minimum atomic E-state index is -0.552. The molecule has 96 valence electrons. The quantitative estimate of drug-likeness (QED) is 0.876. The summed E-state index contributed by atoms with van der Waals surface area (Å²) in [6.07, 6.45) is 0. The number of rotatable bonds is 2. The Morgan fingerprint density at radius 3 is 2.42 bits per heavy atom. The van der Waals surface area contributed by atoms with Gasteiger partial charge in [-0.25, -0.2) is 8.78 Å². The largest absolute Gasteiger partial charge is 0.352 e. The summed E-state index contributed by atoms with van der Waals surface area (Å²) in [5.41, 5.74) is 2.03. The van der Waals surface area contributed by atoms with Crippen LogP contribution in [-0.2, 0) is 0 Å². The Balaban J connectivity index is 2.45. The first-order chi connectivity index (χ1) is 9.01. The maximum Gasteiger partial charge on any atom is 0.147 e. The predicted molar refractivity (Wildman–Crippen MR) is 70.3 cm³/mol. The second-order valence-corrected chi connectivity index (χ2v) is 4.37. The van der Waals surface area contributed by atoms with Crippen molar-refractivity contribution in [2.75, 3.05) is 5.32 Å². The Hall–Kier alpha value is -2.41. The van der Waals surface area contributed by atoms with Crippen LogP contribution in [0.15, 0.2) is 30.3 Å². The van der Waals surface area contributed by atoms with Crippen molar-refractivity contribution in [2.24, 2.45) is 0 Å². The van der Waals surface area contributed by atoms with Gasteiger partial charge in [0.1, 0.15) is 17.7 Å². The highest BCUT2D eigenvalue weighted by molar-refractivity contribution is 5.67. The van der Waals surface area contributed by atoms with Crippen LogP contribution in [0.4, 0.5) is 20.2 Å². The van der Waals surface area contributed by atoms with Crippen LogP contribution in [0.25, 0.3) is 0 Å². The van der Waals surface area contributed by atoms with E-state index < -0.39 is 11.6 Å². The molecule has 19 heavy (non-hydrogen) atoms. The first-order valence-electron chi connectivity index (χ1n) is 5.74. The van der Waals surface area contributed by atoms with Crippen LogP contribution in [0.2, 0.25) is 0 Å². The summed E-state index contributed by atoms with van der Waals surface area (Å²) in [4.78, 5) is 0. The van der Waals surface area contributed by atoms with Crippen LogP contribution in [0.5, 0.6) is 0 Å². The van der Waals surface area contributed by atoms with Gasteiger partial charge in [0, 0.05) is 6.07 Å². The van der Waals surface area contributed by atoms with E-state index in [1.165, 1.54) is 6.92 Å². The number of nitriles is 1. The number of aryl methyl sites for hydroxylation is 2. The van der Waals surface area contributed by atoms with Crippen molar-refractivity contribution >= 4 is 11.4 Å². The smallest absolute Gasteiger partial charge is 0.147 e. The maximum absolute atomic E-state index is 13.7. The Kier molecular flexibility index (Phi) is 3.48. The maximum atomic E-state index is 13.7. The molecule has 0 radical (unpaired) electrons. The van der Waals surface area contributed by atoms with Gasteiger partial charge in [-0.2, -0.15) is 5.26 Å². The van der Waals surface area contributed by atoms with Crippen LogP contribution >= 0.6 is 0 Å². The molecule has 0 aromatic heterocycles. The van der Waals surface area contributed by atoms with E-state index in [0.29, 0.717) is 11.3 Å². The van der Waals surface area contributed by atoms with Crippen molar-refractivity contribution < 1.29 is 8.78 Å². The van der Waals surface area contributed by atoms with Gasteiger partial charge in [-0.15, -0.1) is 0 Å². The van der Waals surface area contributed by atoms with Crippen LogP contribution in [0.3, 0.4) is 0 Å². The number of nitrogens with zero attached hydrogens (tertiary/aromatic N) is 1. The lowest BCUT2D eigenvalue weighted by Crippen LogP contribution is -1.99. The lowest BCUT2D eigenvalue weighted by molar-refractivity contribution is 0.595. The summed E-state index contributed by atoms with van der Waals surface area (Å²) < 4.78 is 27.2. The minimum absolute atomic E-state index is 0.0187. The second kappa shape index (κ2) is 5.07. The topological polar surface area (TPSA) is 35.8 Å².